The highest BCUT2D eigenvalue weighted by molar-refractivity contribution is 7.11. The number of thiazole rings is 1. The summed E-state index contributed by atoms with van der Waals surface area (Å²) in [6.07, 6.45) is 2.72. The average Bonchev–Trinajstić information content (AvgIpc) is 2.71. The lowest BCUT2D eigenvalue weighted by Crippen LogP contribution is -2.24. The summed E-state index contributed by atoms with van der Waals surface area (Å²) in [7, 11) is 0. The molecule has 0 saturated carbocycles. The molecule has 1 aromatic rings. The van der Waals surface area contributed by atoms with Gasteiger partial charge in [-0.25, -0.2) is 4.98 Å². The molecule has 0 unspecified atom stereocenters. The smallest absolute Gasteiger partial charge is 0.158 e. The molecule has 17 heavy (non-hydrogen) atoms. The number of aromatic nitrogens is 1. The minimum absolute atomic E-state index is 0.0827. The van der Waals surface area contributed by atoms with E-state index in [0.29, 0.717) is 13.2 Å². The third-order valence-corrected chi connectivity index (χ3v) is 3.14. The Balaban J connectivity index is 2.13. The third kappa shape index (κ3) is 6.12. The standard InChI is InChI=1S/C12H22N2O2S/c1-4-15-12(16-5-2)6-7-13-8-11-9-14-10(3)17-11/h9,12-13H,4-8H2,1-3H3. The van der Waals surface area contributed by atoms with Crippen molar-refractivity contribution in [2.24, 2.45) is 0 Å². The zero-order valence-electron chi connectivity index (χ0n) is 10.9. The van der Waals surface area contributed by atoms with E-state index in [1.165, 1.54) is 4.88 Å². The highest BCUT2D eigenvalue weighted by Crippen LogP contribution is 2.10. The fraction of sp³-hybridized carbons (Fsp3) is 0.750. The van der Waals surface area contributed by atoms with Crippen molar-refractivity contribution in [1.29, 1.82) is 0 Å². The van der Waals surface area contributed by atoms with E-state index in [-0.39, 0.29) is 6.29 Å². The van der Waals surface area contributed by atoms with Gasteiger partial charge in [-0.1, -0.05) is 0 Å². The van der Waals surface area contributed by atoms with Crippen molar-refractivity contribution in [2.45, 2.75) is 40.0 Å². The van der Waals surface area contributed by atoms with Crippen molar-refractivity contribution < 1.29 is 9.47 Å². The molecule has 0 bridgehead atoms. The summed E-state index contributed by atoms with van der Waals surface area (Å²) >= 11 is 1.73. The molecular weight excluding hydrogens is 236 g/mol. The molecule has 0 aliphatic heterocycles. The molecule has 0 amide bonds. The van der Waals surface area contributed by atoms with Crippen LogP contribution in [-0.2, 0) is 16.0 Å². The zero-order chi connectivity index (χ0) is 12.5. The van der Waals surface area contributed by atoms with E-state index >= 15 is 0 Å². The molecule has 98 valence electrons. The topological polar surface area (TPSA) is 43.4 Å². The predicted molar refractivity (Wildman–Crippen MR) is 70.2 cm³/mol. The van der Waals surface area contributed by atoms with E-state index in [1.54, 1.807) is 11.3 Å². The first kappa shape index (κ1) is 14.6. The Morgan fingerprint density at radius 3 is 2.59 bits per heavy atom. The molecule has 0 aliphatic carbocycles. The Hall–Kier alpha value is -0.490. The van der Waals surface area contributed by atoms with Gasteiger partial charge in [0.25, 0.3) is 0 Å². The van der Waals surface area contributed by atoms with Gasteiger partial charge in [0.05, 0.1) is 5.01 Å². The van der Waals surface area contributed by atoms with Gasteiger partial charge in [-0.15, -0.1) is 11.3 Å². The predicted octanol–water partition coefficient (Wildman–Crippen LogP) is 2.33. The minimum Gasteiger partial charge on any atom is -0.353 e. The van der Waals surface area contributed by atoms with Crippen LogP contribution in [0.3, 0.4) is 0 Å². The lowest BCUT2D eigenvalue weighted by atomic mass is 10.4. The van der Waals surface area contributed by atoms with Crippen LogP contribution in [0.25, 0.3) is 0 Å². The Kier molecular flexibility index (Phi) is 7.35. The van der Waals surface area contributed by atoms with Gasteiger partial charge in [0.2, 0.25) is 0 Å². The monoisotopic (exact) mass is 258 g/mol. The lowest BCUT2D eigenvalue weighted by Gasteiger charge is -2.16. The van der Waals surface area contributed by atoms with Crippen molar-refractivity contribution >= 4 is 11.3 Å². The molecule has 0 atom stereocenters. The average molecular weight is 258 g/mol. The molecule has 0 saturated heterocycles. The van der Waals surface area contributed by atoms with Crippen LogP contribution in [0.2, 0.25) is 0 Å². The Morgan fingerprint density at radius 1 is 1.35 bits per heavy atom. The van der Waals surface area contributed by atoms with E-state index in [0.717, 1.165) is 24.5 Å². The second-order valence-electron chi connectivity index (χ2n) is 3.65. The lowest BCUT2D eigenvalue weighted by molar-refractivity contribution is -0.138. The van der Waals surface area contributed by atoms with E-state index in [1.807, 2.05) is 27.0 Å². The SMILES string of the molecule is CCOC(CCNCc1cnc(C)s1)OCC. The highest BCUT2D eigenvalue weighted by Gasteiger charge is 2.07. The number of hydrogen-bond donors (Lipinski definition) is 1. The summed E-state index contributed by atoms with van der Waals surface area (Å²) < 4.78 is 10.9. The van der Waals surface area contributed by atoms with E-state index in [2.05, 4.69) is 10.3 Å². The Morgan fingerprint density at radius 2 is 2.06 bits per heavy atom. The van der Waals surface area contributed by atoms with Crippen LogP contribution in [0.1, 0.15) is 30.2 Å². The highest BCUT2D eigenvalue weighted by atomic mass is 32.1. The number of nitrogens with zero attached hydrogens (tertiary/aromatic N) is 1. The van der Waals surface area contributed by atoms with Crippen molar-refractivity contribution in [3.8, 4) is 0 Å². The van der Waals surface area contributed by atoms with Crippen molar-refractivity contribution in [3.05, 3.63) is 16.1 Å². The number of nitrogens with one attached hydrogen (secondary N) is 1. The van der Waals surface area contributed by atoms with Gasteiger partial charge < -0.3 is 14.8 Å². The quantitative estimate of drug-likeness (QED) is 0.545. The number of rotatable bonds is 9. The summed E-state index contributed by atoms with van der Waals surface area (Å²) in [5.74, 6) is 0. The first-order valence-corrected chi connectivity index (χ1v) is 6.93. The van der Waals surface area contributed by atoms with Gasteiger partial charge >= 0.3 is 0 Å². The van der Waals surface area contributed by atoms with Crippen molar-refractivity contribution in [2.75, 3.05) is 19.8 Å². The van der Waals surface area contributed by atoms with Crippen LogP contribution in [0.15, 0.2) is 6.20 Å². The molecule has 1 N–H and O–H groups in total. The molecular formula is C12H22N2O2S. The van der Waals surface area contributed by atoms with Gasteiger partial charge in [-0.3, -0.25) is 0 Å². The van der Waals surface area contributed by atoms with Gasteiger partial charge in [0.1, 0.15) is 0 Å². The first-order chi connectivity index (χ1) is 8.26. The summed E-state index contributed by atoms with van der Waals surface area (Å²) in [6, 6.07) is 0. The number of aryl methyl sites for hydroxylation is 1. The molecule has 5 heteroatoms. The first-order valence-electron chi connectivity index (χ1n) is 6.11. The van der Waals surface area contributed by atoms with Crippen LogP contribution in [0.4, 0.5) is 0 Å². The largest absolute Gasteiger partial charge is 0.353 e. The second kappa shape index (κ2) is 8.58. The molecule has 0 fully saturated rings. The maximum Gasteiger partial charge on any atom is 0.158 e. The third-order valence-electron chi connectivity index (χ3n) is 2.23. The van der Waals surface area contributed by atoms with Gasteiger partial charge in [-0.2, -0.15) is 0 Å². The van der Waals surface area contributed by atoms with E-state index < -0.39 is 0 Å². The van der Waals surface area contributed by atoms with Crippen LogP contribution in [0.5, 0.6) is 0 Å². The van der Waals surface area contributed by atoms with Gasteiger partial charge in [-0.05, 0) is 20.8 Å². The van der Waals surface area contributed by atoms with E-state index in [9.17, 15) is 0 Å². The molecule has 0 aromatic carbocycles. The zero-order valence-corrected chi connectivity index (χ0v) is 11.7. The van der Waals surface area contributed by atoms with Crippen LogP contribution >= 0.6 is 11.3 Å². The minimum atomic E-state index is -0.0827. The van der Waals surface area contributed by atoms with Crippen LogP contribution in [-0.4, -0.2) is 31.0 Å². The van der Waals surface area contributed by atoms with Crippen LogP contribution < -0.4 is 5.32 Å². The molecule has 4 nitrogen and oxygen atoms in total. The normalized spacial score (nSPS) is 11.3. The van der Waals surface area contributed by atoms with Gasteiger partial charge in [0.15, 0.2) is 6.29 Å². The summed E-state index contributed by atoms with van der Waals surface area (Å²) in [6.45, 7) is 9.14. The maximum atomic E-state index is 5.47. The fourth-order valence-corrected chi connectivity index (χ4v) is 2.27. The maximum absolute atomic E-state index is 5.47. The Labute approximate surface area is 107 Å². The summed E-state index contributed by atoms with van der Waals surface area (Å²) in [5.41, 5.74) is 0. The molecule has 1 aromatic heterocycles. The molecule has 0 radical (unpaired) electrons. The van der Waals surface area contributed by atoms with Crippen molar-refractivity contribution in [1.82, 2.24) is 10.3 Å². The van der Waals surface area contributed by atoms with E-state index in [4.69, 9.17) is 9.47 Å². The molecule has 1 heterocycles. The number of hydrogen-bond acceptors (Lipinski definition) is 5. The molecule has 0 aliphatic rings. The molecule has 1 rings (SSSR count). The Bertz CT molecular complexity index is 298. The number of ether oxygens (including phenoxy) is 2. The second-order valence-corrected chi connectivity index (χ2v) is 4.97. The summed E-state index contributed by atoms with van der Waals surface area (Å²) in [5, 5.41) is 4.49. The van der Waals surface area contributed by atoms with Crippen LogP contribution in [0, 0.1) is 6.92 Å². The van der Waals surface area contributed by atoms with Crippen molar-refractivity contribution in [3.63, 3.8) is 0 Å². The molecule has 0 spiro atoms. The van der Waals surface area contributed by atoms with Gasteiger partial charge in [0, 0.05) is 43.8 Å². The fourth-order valence-electron chi connectivity index (χ4n) is 1.51. The summed E-state index contributed by atoms with van der Waals surface area (Å²) in [4.78, 5) is 5.49.